The van der Waals surface area contributed by atoms with Crippen molar-refractivity contribution in [2.45, 2.75) is 57.3 Å². The molecule has 31 heavy (non-hydrogen) atoms. The minimum absolute atomic E-state index is 0.116. The number of hydrogen-bond acceptors (Lipinski definition) is 2. The van der Waals surface area contributed by atoms with Crippen LogP contribution in [0.4, 0.5) is 0 Å². The van der Waals surface area contributed by atoms with Crippen molar-refractivity contribution in [1.82, 2.24) is 10.2 Å². The van der Waals surface area contributed by atoms with E-state index in [1.807, 2.05) is 30.3 Å². The SMILES string of the molecule is O=C(NC1CCCCC1)[C@H](c1ccccc1)N(Cc1ccccc1)Cc1ccccc1. The van der Waals surface area contributed by atoms with E-state index in [9.17, 15) is 4.79 Å². The number of carbonyl (C=O) groups is 1. The van der Waals surface area contributed by atoms with Crippen molar-refractivity contribution in [2.75, 3.05) is 0 Å². The Morgan fingerprint density at radius 2 is 1.23 bits per heavy atom. The first-order valence-electron chi connectivity index (χ1n) is 11.5. The number of nitrogens with one attached hydrogen (secondary N) is 1. The number of benzene rings is 3. The van der Waals surface area contributed by atoms with Crippen LogP contribution in [0.2, 0.25) is 0 Å². The van der Waals surface area contributed by atoms with Gasteiger partial charge in [0.1, 0.15) is 6.04 Å². The van der Waals surface area contributed by atoms with Crippen LogP contribution in [0.3, 0.4) is 0 Å². The molecule has 0 heterocycles. The van der Waals surface area contributed by atoms with E-state index >= 15 is 0 Å². The second-order valence-electron chi connectivity index (χ2n) is 8.53. The Morgan fingerprint density at radius 3 is 1.74 bits per heavy atom. The molecule has 1 amide bonds. The number of nitrogens with zero attached hydrogens (tertiary/aromatic N) is 1. The van der Waals surface area contributed by atoms with Gasteiger partial charge in [-0.3, -0.25) is 9.69 Å². The normalized spacial score (nSPS) is 15.5. The number of hydrogen-bond donors (Lipinski definition) is 1. The van der Waals surface area contributed by atoms with Crippen molar-refractivity contribution >= 4 is 5.91 Å². The lowest BCUT2D eigenvalue weighted by molar-refractivity contribution is -0.128. The van der Waals surface area contributed by atoms with Crippen LogP contribution < -0.4 is 5.32 Å². The molecule has 0 aliphatic heterocycles. The Bertz CT molecular complexity index is 880. The standard InChI is InChI=1S/C28H32N2O/c31-28(29-26-19-11-4-12-20-26)27(25-17-9-3-10-18-25)30(21-23-13-5-1-6-14-23)22-24-15-7-2-8-16-24/h1-3,5-10,13-18,26-27H,4,11-12,19-22H2,(H,29,31)/t27-/m0/s1. The van der Waals surface area contributed by atoms with Crippen molar-refractivity contribution in [3.8, 4) is 0 Å². The average molecular weight is 413 g/mol. The predicted octanol–water partition coefficient (Wildman–Crippen LogP) is 5.88. The van der Waals surface area contributed by atoms with Gasteiger partial charge >= 0.3 is 0 Å². The van der Waals surface area contributed by atoms with Gasteiger partial charge in [-0.15, -0.1) is 0 Å². The van der Waals surface area contributed by atoms with Crippen molar-refractivity contribution in [2.24, 2.45) is 0 Å². The first-order chi connectivity index (χ1) is 15.3. The fourth-order valence-electron chi connectivity index (χ4n) is 4.56. The molecule has 1 aliphatic rings. The molecule has 1 saturated carbocycles. The van der Waals surface area contributed by atoms with Crippen LogP contribution in [0.5, 0.6) is 0 Å². The molecule has 1 N–H and O–H groups in total. The van der Waals surface area contributed by atoms with E-state index in [-0.39, 0.29) is 11.9 Å². The Balaban J connectivity index is 1.65. The average Bonchev–Trinajstić information content (AvgIpc) is 2.82. The van der Waals surface area contributed by atoms with E-state index in [0.717, 1.165) is 18.4 Å². The molecular formula is C28H32N2O. The summed E-state index contributed by atoms with van der Waals surface area (Å²) in [5, 5.41) is 3.39. The van der Waals surface area contributed by atoms with Gasteiger partial charge in [-0.2, -0.15) is 0 Å². The monoisotopic (exact) mass is 412 g/mol. The Morgan fingerprint density at radius 1 is 0.742 bits per heavy atom. The molecule has 4 rings (SSSR count). The molecule has 0 saturated heterocycles. The van der Waals surface area contributed by atoms with Crippen LogP contribution in [0.15, 0.2) is 91.0 Å². The molecule has 3 nitrogen and oxygen atoms in total. The van der Waals surface area contributed by atoms with Crippen molar-refractivity contribution in [3.05, 3.63) is 108 Å². The van der Waals surface area contributed by atoms with Gasteiger partial charge in [0, 0.05) is 19.1 Å². The molecule has 1 atom stereocenters. The summed E-state index contributed by atoms with van der Waals surface area (Å²) in [6, 6.07) is 31.1. The summed E-state index contributed by atoms with van der Waals surface area (Å²) in [7, 11) is 0. The van der Waals surface area contributed by atoms with Crippen LogP contribution in [0.25, 0.3) is 0 Å². The molecule has 0 bridgehead atoms. The summed E-state index contributed by atoms with van der Waals surface area (Å²) in [5.74, 6) is 0.116. The highest BCUT2D eigenvalue weighted by atomic mass is 16.2. The van der Waals surface area contributed by atoms with Gasteiger partial charge in [0.05, 0.1) is 0 Å². The highest BCUT2D eigenvalue weighted by molar-refractivity contribution is 5.83. The highest BCUT2D eigenvalue weighted by Gasteiger charge is 2.30. The molecule has 160 valence electrons. The number of rotatable bonds is 8. The Kier molecular flexibility index (Phi) is 7.51. The third-order valence-corrected chi connectivity index (χ3v) is 6.14. The summed E-state index contributed by atoms with van der Waals surface area (Å²) in [6.07, 6.45) is 5.87. The summed E-state index contributed by atoms with van der Waals surface area (Å²) in [5.41, 5.74) is 3.47. The number of carbonyl (C=O) groups excluding carboxylic acids is 1. The van der Waals surface area contributed by atoms with Gasteiger partial charge in [-0.1, -0.05) is 110 Å². The van der Waals surface area contributed by atoms with Crippen LogP contribution in [0, 0.1) is 0 Å². The predicted molar refractivity (Wildman–Crippen MR) is 126 cm³/mol. The van der Waals surface area contributed by atoms with E-state index in [4.69, 9.17) is 0 Å². The summed E-state index contributed by atoms with van der Waals surface area (Å²) in [4.78, 5) is 16.0. The molecule has 1 fully saturated rings. The van der Waals surface area contributed by atoms with E-state index in [2.05, 4.69) is 70.9 Å². The summed E-state index contributed by atoms with van der Waals surface area (Å²) in [6.45, 7) is 1.43. The van der Waals surface area contributed by atoms with Gasteiger partial charge in [-0.25, -0.2) is 0 Å². The van der Waals surface area contributed by atoms with Crippen LogP contribution in [-0.2, 0) is 17.9 Å². The first kappa shape index (κ1) is 21.3. The lowest BCUT2D eigenvalue weighted by atomic mass is 9.94. The Labute approximate surface area is 186 Å². The van der Waals surface area contributed by atoms with E-state index < -0.39 is 0 Å². The molecule has 0 aromatic heterocycles. The highest BCUT2D eigenvalue weighted by Crippen LogP contribution is 2.27. The zero-order valence-electron chi connectivity index (χ0n) is 18.1. The maximum atomic E-state index is 13.7. The molecule has 0 unspecified atom stereocenters. The van der Waals surface area contributed by atoms with Gasteiger partial charge in [0.15, 0.2) is 0 Å². The third kappa shape index (κ3) is 6.05. The largest absolute Gasteiger partial charge is 0.352 e. The van der Waals surface area contributed by atoms with Gasteiger partial charge in [0.2, 0.25) is 5.91 Å². The minimum atomic E-state index is -0.330. The van der Waals surface area contributed by atoms with Crippen LogP contribution in [0.1, 0.15) is 54.8 Å². The summed E-state index contributed by atoms with van der Waals surface area (Å²) < 4.78 is 0. The lowest BCUT2D eigenvalue weighted by Gasteiger charge is -2.33. The maximum absolute atomic E-state index is 13.7. The molecule has 3 aromatic rings. The second kappa shape index (κ2) is 10.9. The van der Waals surface area contributed by atoms with Gasteiger partial charge in [0.25, 0.3) is 0 Å². The van der Waals surface area contributed by atoms with Crippen molar-refractivity contribution in [1.29, 1.82) is 0 Å². The fraction of sp³-hybridized carbons (Fsp3) is 0.321. The lowest BCUT2D eigenvalue weighted by Crippen LogP contribution is -2.44. The quantitative estimate of drug-likeness (QED) is 0.501. The molecule has 0 radical (unpaired) electrons. The zero-order chi connectivity index (χ0) is 21.3. The fourth-order valence-corrected chi connectivity index (χ4v) is 4.56. The Hall–Kier alpha value is -2.91. The third-order valence-electron chi connectivity index (χ3n) is 6.14. The smallest absolute Gasteiger partial charge is 0.242 e. The molecule has 3 aromatic carbocycles. The van der Waals surface area contributed by atoms with Crippen molar-refractivity contribution in [3.63, 3.8) is 0 Å². The molecule has 3 heteroatoms. The second-order valence-corrected chi connectivity index (χ2v) is 8.53. The molecular weight excluding hydrogens is 380 g/mol. The maximum Gasteiger partial charge on any atom is 0.242 e. The van der Waals surface area contributed by atoms with Crippen molar-refractivity contribution < 1.29 is 4.79 Å². The van der Waals surface area contributed by atoms with E-state index in [0.29, 0.717) is 19.1 Å². The van der Waals surface area contributed by atoms with Gasteiger partial charge < -0.3 is 5.32 Å². The summed E-state index contributed by atoms with van der Waals surface area (Å²) >= 11 is 0. The van der Waals surface area contributed by atoms with Gasteiger partial charge in [-0.05, 0) is 29.5 Å². The van der Waals surface area contributed by atoms with Crippen LogP contribution >= 0.6 is 0 Å². The van der Waals surface area contributed by atoms with E-state index in [1.165, 1.54) is 30.4 Å². The first-order valence-corrected chi connectivity index (χ1v) is 11.5. The minimum Gasteiger partial charge on any atom is -0.352 e. The topological polar surface area (TPSA) is 32.3 Å². The van der Waals surface area contributed by atoms with Crippen LogP contribution in [-0.4, -0.2) is 16.8 Å². The molecule has 1 aliphatic carbocycles. The van der Waals surface area contributed by atoms with E-state index in [1.54, 1.807) is 0 Å². The molecule has 0 spiro atoms. The number of amides is 1. The zero-order valence-corrected chi connectivity index (χ0v) is 18.1.